The van der Waals surface area contributed by atoms with Crippen LogP contribution in [-0.2, 0) is 4.74 Å². The van der Waals surface area contributed by atoms with Gasteiger partial charge in [-0.05, 0) is 36.8 Å². The topological polar surface area (TPSA) is 73.1 Å². The summed E-state index contributed by atoms with van der Waals surface area (Å²) in [6.45, 7) is 4.26. The van der Waals surface area contributed by atoms with E-state index in [0.29, 0.717) is 32.0 Å². The van der Waals surface area contributed by atoms with Gasteiger partial charge in [0.2, 0.25) is 0 Å². The van der Waals surface area contributed by atoms with Crippen LogP contribution < -0.4 is 0 Å². The van der Waals surface area contributed by atoms with Crippen LogP contribution in [0.1, 0.15) is 16.1 Å². The van der Waals surface area contributed by atoms with E-state index in [1.807, 2.05) is 31.2 Å². The molecule has 1 fully saturated rings. The quantitative estimate of drug-likeness (QED) is 0.724. The number of aromatic nitrogens is 4. The number of morpholine rings is 1. The van der Waals surface area contributed by atoms with Crippen molar-refractivity contribution in [3.63, 3.8) is 0 Å². The molecule has 1 saturated heterocycles. The van der Waals surface area contributed by atoms with Gasteiger partial charge in [-0.2, -0.15) is 5.10 Å². The third-order valence-electron chi connectivity index (χ3n) is 4.29. The van der Waals surface area contributed by atoms with Crippen LogP contribution >= 0.6 is 0 Å². The largest absolute Gasteiger partial charge is 0.378 e. The molecule has 26 heavy (non-hydrogen) atoms. The van der Waals surface area contributed by atoms with E-state index < -0.39 is 0 Å². The molecule has 0 saturated carbocycles. The number of pyridine rings is 2. The Morgan fingerprint density at radius 1 is 1.15 bits per heavy atom. The summed E-state index contributed by atoms with van der Waals surface area (Å²) in [6, 6.07) is 9.46. The number of nitrogens with zero attached hydrogens (tertiary/aromatic N) is 5. The zero-order valence-corrected chi connectivity index (χ0v) is 14.5. The fourth-order valence-electron chi connectivity index (χ4n) is 2.89. The van der Waals surface area contributed by atoms with E-state index >= 15 is 0 Å². The summed E-state index contributed by atoms with van der Waals surface area (Å²) in [5.74, 6) is -0.0932. The van der Waals surface area contributed by atoms with Gasteiger partial charge in [0.25, 0.3) is 5.91 Å². The number of amides is 1. The summed E-state index contributed by atoms with van der Waals surface area (Å²) in [5, 5.41) is 4.56. The Morgan fingerprint density at radius 3 is 2.69 bits per heavy atom. The SMILES string of the molecule is Cc1ccc(-c2cc(C(=O)N3CCOCC3)nn2-c2cccnc2)nc1. The molecular formula is C19H19N5O2. The van der Waals surface area contributed by atoms with Gasteiger partial charge < -0.3 is 9.64 Å². The normalized spacial score (nSPS) is 14.4. The van der Waals surface area contributed by atoms with Crippen molar-refractivity contribution in [2.45, 2.75) is 6.92 Å². The maximum Gasteiger partial charge on any atom is 0.274 e. The average molecular weight is 349 g/mol. The lowest BCUT2D eigenvalue weighted by atomic mass is 10.2. The lowest BCUT2D eigenvalue weighted by Crippen LogP contribution is -2.40. The molecule has 7 nitrogen and oxygen atoms in total. The zero-order valence-electron chi connectivity index (χ0n) is 14.5. The van der Waals surface area contributed by atoms with Crippen LogP contribution in [0.25, 0.3) is 17.1 Å². The van der Waals surface area contributed by atoms with Crippen molar-refractivity contribution in [1.29, 1.82) is 0 Å². The maximum atomic E-state index is 12.8. The van der Waals surface area contributed by atoms with Crippen molar-refractivity contribution in [1.82, 2.24) is 24.6 Å². The Bertz CT molecular complexity index is 899. The first-order valence-electron chi connectivity index (χ1n) is 8.53. The Kier molecular flexibility index (Phi) is 4.45. The summed E-state index contributed by atoms with van der Waals surface area (Å²) >= 11 is 0. The molecule has 0 unspecified atom stereocenters. The van der Waals surface area contributed by atoms with Crippen LogP contribution in [0.4, 0.5) is 0 Å². The van der Waals surface area contributed by atoms with Crippen LogP contribution in [0, 0.1) is 6.92 Å². The lowest BCUT2D eigenvalue weighted by Gasteiger charge is -2.25. The molecule has 0 bridgehead atoms. The molecular weight excluding hydrogens is 330 g/mol. The van der Waals surface area contributed by atoms with Crippen LogP contribution in [0.3, 0.4) is 0 Å². The van der Waals surface area contributed by atoms with Crippen LogP contribution in [-0.4, -0.2) is 56.9 Å². The minimum atomic E-state index is -0.0932. The molecule has 0 aromatic carbocycles. The highest BCUT2D eigenvalue weighted by atomic mass is 16.5. The highest BCUT2D eigenvalue weighted by Crippen LogP contribution is 2.23. The second kappa shape index (κ2) is 7.05. The van der Waals surface area contributed by atoms with E-state index in [9.17, 15) is 4.79 Å². The first-order chi connectivity index (χ1) is 12.7. The smallest absolute Gasteiger partial charge is 0.274 e. The molecule has 1 aliphatic rings. The first-order valence-corrected chi connectivity index (χ1v) is 8.53. The van der Waals surface area contributed by atoms with Crippen molar-refractivity contribution < 1.29 is 9.53 Å². The fraction of sp³-hybridized carbons (Fsp3) is 0.263. The Balaban J connectivity index is 1.77. The van der Waals surface area contributed by atoms with Crippen molar-refractivity contribution in [2.24, 2.45) is 0 Å². The molecule has 0 aliphatic carbocycles. The number of carbonyl (C=O) groups excluding carboxylic acids is 1. The van der Waals surface area contributed by atoms with Crippen molar-refractivity contribution in [2.75, 3.05) is 26.3 Å². The highest BCUT2D eigenvalue weighted by molar-refractivity contribution is 5.93. The maximum absolute atomic E-state index is 12.8. The molecule has 3 aromatic rings. The Hall–Kier alpha value is -3.06. The molecule has 4 heterocycles. The predicted octanol–water partition coefficient (Wildman–Crippen LogP) is 2.11. The third-order valence-corrected chi connectivity index (χ3v) is 4.29. The van der Waals surface area contributed by atoms with Gasteiger partial charge in [-0.3, -0.25) is 14.8 Å². The van der Waals surface area contributed by atoms with E-state index in [4.69, 9.17) is 4.74 Å². The van der Waals surface area contributed by atoms with Gasteiger partial charge in [0.15, 0.2) is 5.69 Å². The molecule has 132 valence electrons. The second-order valence-corrected chi connectivity index (χ2v) is 6.16. The number of rotatable bonds is 3. The van der Waals surface area contributed by atoms with Gasteiger partial charge in [-0.25, -0.2) is 4.68 Å². The van der Waals surface area contributed by atoms with Crippen molar-refractivity contribution in [3.05, 3.63) is 60.2 Å². The first kappa shape index (κ1) is 16.4. The summed E-state index contributed by atoms with van der Waals surface area (Å²) in [4.78, 5) is 23.3. The predicted molar refractivity (Wildman–Crippen MR) is 96.0 cm³/mol. The average Bonchev–Trinajstić information content (AvgIpc) is 3.15. The van der Waals surface area contributed by atoms with Crippen LogP contribution in [0.2, 0.25) is 0 Å². The standard InChI is InChI=1S/C19H19N5O2/c1-14-4-5-16(21-12-14)18-11-17(19(25)23-7-9-26-10-8-23)22-24(18)15-3-2-6-20-13-15/h2-6,11-13H,7-10H2,1H3. The number of ether oxygens (including phenoxy) is 1. The lowest BCUT2D eigenvalue weighted by molar-refractivity contribution is 0.0298. The summed E-state index contributed by atoms with van der Waals surface area (Å²) < 4.78 is 7.05. The molecule has 0 atom stereocenters. The molecule has 0 spiro atoms. The molecule has 0 N–H and O–H groups in total. The van der Waals surface area contributed by atoms with E-state index in [0.717, 1.165) is 22.6 Å². The molecule has 4 rings (SSSR count). The minimum Gasteiger partial charge on any atom is -0.378 e. The number of carbonyl (C=O) groups is 1. The summed E-state index contributed by atoms with van der Waals surface area (Å²) in [6.07, 6.45) is 5.23. The van der Waals surface area contributed by atoms with E-state index in [1.165, 1.54) is 0 Å². The Labute approximate surface area is 151 Å². The molecule has 1 amide bonds. The summed E-state index contributed by atoms with van der Waals surface area (Å²) in [5.41, 5.74) is 3.77. The zero-order chi connectivity index (χ0) is 17.9. The van der Waals surface area contributed by atoms with Gasteiger partial charge in [0, 0.05) is 25.5 Å². The van der Waals surface area contributed by atoms with E-state index in [2.05, 4.69) is 15.1 Å². The monoisotopic (exact) mass is 349 g/mol. The number of aryl methyl sites for hydroxylation is 1. The van der Waals surface area contributed by atoms with Gasteiger partial charge in [0.1, 0.15) is 0 Å². The van der Waals surface area contributed by atoms with Gasteiger partial charge in [0.05, 0.1) is 36.5 Å². The van der Waals surface area contributed by atoms with Gasteiger partial charge >= 0.3 is 0 Å². The van der Waals surface area contributed by atoms with Crippen LogP contribution in [0.15, 0.2) is 48.9 Å². The molecule has 1 aliphatic heterocycles. The molecule has 7 heteroatoms. The van der Waals surface area contributed by atoms with Crippen molar-refractivity contribution >= 4 is 5.91 Å². The highest BCUT2D eigenvalue weighted by Gasteiger charge is 2.23. The van der Waals surface area contributed by atoms with Gasteiger partial charge in [-0.1, -0.05) is 6.07 Å². The fourth-order valence-corrected chi connectivity index (χ4v) is 2.89. The van der Waals surface area contributed by atoms with Gasteiger partial charge in [-0.15, -0.1) is 0 Å². The van der Waals surface area contributed by atoms with Crippen LogP contribution in [0.5, 0.6) is 0 Å². The minimum absolute atomic E-state index is 0.0932. The number of hydrogen-bond acceptors (Lipinski definition) is 5. The molecule has 3 aromatic heterocycles. The van der Waals surface area contributed by atoms with Crippen molar-refractivity contribution in [3.8, 4) is 17.1 Å². The Morgan fingerprint density at radius 2 is 2.00 bits per heavy atom. The number of hydrogen-bond donors (Lipinski definition) is 0. The molecule has 0 radical (unpaired) electrons. The second-order valence-electron chi connectivity index (χ2n) is 6.16. The van der Waals surface area contributed by atoms with E-state index in [1.54, 1.807) is 34.2 Å². The summed E-state index contributed by atoms with van der Waals surface area (Å²) in [7, 11) is 0. The third kappa shape index (κ3) is 3.21. The van der Waals surface area contributed by atoms with E-state index in [-0.39, 0.29) is 5.91 Å².